The minimum Gasteiger partial charge on any atom is -0.508 e. The van der Waals surface area contributed by atoms with Crippen LogP contribution in [0.15, 0.2) is 24.3 Å². The summed E-state index contributed by atoms with van der Waals surface area (Å²) in [4.78, 5) is 11.0. The molecule has 3 N–H and O–H groups in total. The molecule has 0 aromatic heterocycles. The van der Waals surface area contributed by atoms with E-state index in [4.69, 9.17) is 0 Å². The number of rotatable bonds is 4. The first kappa shape index (κ1) is 11.4. The van der Waals surface area contributed by atoms with Gasteiger partial charge in [-0.1, -0.05) is 12.1 Å². The van der Waals surface area contributed by atoms with Crippen LogP contribution in [-0.2, 0) is 6.42 Å². The Kier molecular flexibility index (Phi) is 4.47. The largest absolute Gasteiger partial charge is 0.508 e. The van der Waals surface area contributed by atoms with Crippen LogP contribution in [0, 0.1) is 0 Å². The Morgan fingerprint density at radius 3 is 2.87 bits per heavy atom. The zero-order valence-corrected chi connectivity index (χ0v) is 8.79. The Bertz CT molecular complexity index is 326. The number of amides is 2. The van der Waals surface area contributed by atoms with Gasteiger partial charge in [-0.05, 0) is 31.0 Å². The van der Waals surface area contributed by atoms with E-state index in [-0.39, 0.29) is 11.8 Å². The van der Waals surface area contributed by atoms with Gasteiger partial charge in [0.2, 0.25) is 0 Å². The van der Waals surface area contributed by atoms with Crippen LogP contribution < -0.4 is 10.6 Å². The third kappa shape index (κ3) is 4.35. The molecule has 2 amide bonds. The lowest BCUT2D eigenvalue weighted by atomic mass is 10.1. The molecule has 0 saturated heterocycles. The third-order valence-corrected chi connectivity index (χ3v) is 1.95. The average Bonchev–Trinajstić information content (AvgIpc) is 2.18. The van der Waals surface area contributed by atoms with E-state index in [1.54, 1.807) is 18.2 Å². The van der Waals surface area contributed by atoms with Crippen molar-refractivity contribution in [2.45, 2.75) is 13.3 Å². The first-order valence-corrected chi connectivity index (χ1v) is 5.02. The summed E-state index contributed by atoms with van der Waals surface area (Å²) in [6.07, 6.45) is 0.714. The lowest BCUT2D eigenvalue weighted by Crippen LogP contribution is -2.36. The summed E-state index contributed by atoms with van der Waals surface area (Å²) >= 11 is 0. The molecule has 0 fully saturated rings. The van der Waals surface area contributed by atoms with E-state index in [2.05, 4.69) is 10.6 Å². The van der Waals surface area contributed by atoms with E-state index >= 15 is 0 Å². The van der Waals surface area contributed by atoms with Gasteiger partial charge in [-0.15, -0.1) is 0 Å². The van der Waals surface area contributed by atoms with Crippen LogP contribution in [0.2, 0.25) is 0 Å². The van der Waals surface area contributed by atoms with Crippen molar-refractivity contribution in [3.63, 3.8) is 0 Å². The maximum absolute atomic E-state index is 11.0. The molecule has 15 heavy (non-hydrogen) atoms. The number of carbonyl (C=O) groups excluding carboxylic acids is 1. The summed E-state index contributed by atoms with van der Waals surface area (Å²) in [6.45, 7) is 3.06. The number of aromatic hydroxyl groups is 1. The summed E-state index contributed by atoms with van der Waals surface area (Å²) in [5.74, 6) is 0.255. The number of urea groups is 1. The van der Waals surface area contributed by atoms with Crippen molar-refractivity contribution in [1.82, 2.24) is 10.6 Å². The molecule has 4 nitrogen and oxygen atoms in total. The second-order valence-electron chi connectivity index (χ2n) is 3.21. The highest BCUT2D eigenvalue weighted by Crippen LogP contribution is 2.10. The van der Waals surface area contributed by atoms with Gasteiger partial charge in [-0.2, -0.15) is 0 Å². The second-order valence-corrected chi connectivity index (χ2v) is 3.21. The number of nitrogens with one attached hydrogen (secondary N) is 2. The molecule has 0 bridgehead atoms. The fourth-order valence-electron chi connectivity index (χ4n) is 1.26. The van der Waals surface area contributed by atoms with Gasteiger partial charge in [0.15, 0.2) is 0 Å². The molecule has 0 aliphatic heterocycles. The van der Waals surface area contributed by atoms with Crippen molar-refractivity contribution in [3.8, 4) is 5.75 Å². The second kappa shape index (κ2) is 5.90. The smallest absolute Gasteiger partial charge is 0.314 e. The summed E-state index contributed by atoms with van der Waals surface area (Å²) in [5, 5.41) is 14.6. The SMILES string of the molecule is CCNC(=O)NCCc1cccc(O)c1. The zero-order valence-electron chi connectivity index (χ0n) is 8.79. The standard InChI is InChI=1S/C11H16N2O2/c1-2-12-11(15)13-7-6-9-4-3-5-10(14)8-9/h3-5,8,14H,2,6-7H2,1H3,(H2,12,13,15). The number of hydrogen-bond donors (Lipinski definition) is 3. The Morgan fingerprint density at radius 2 is 2.20 bits per heavy atom. The lowest BCUT2D eigenvalue weighted by Gasteiger charge is -2.05. The number of hydrogen-bond acceptors (Lipinski definition) is 2. The predicted molar refractivity (Wildman–Crippen MR) is 58.9 cm³/mol. The highest BCUT2D eigenvalue weighted by molar-refractivity contribution is 5.73. The Morgan fingerprint density at radius 1 is 1.40 bits per heavy atom. The van der Waals surface area contributed by atoms with E-state index in [1.165, 1.54) is 0 Å². The Balaban J connectivity index is 2.28. The highest BCUT2D eigenvalue weighted by Gasteiger charge is 1.98. The monoisotopic (exact) mass is 208 g/mol. The molecule has 0 spiro atoms. The van der Waals surface area contributed by atoms with Crippen molar-refractivity contribution in [2.24, 2.45) is 0 Å². The number of phenolic OH excluding ortho intramolecular Hbond substituents is 1. The van der Waals surface area contributed by atoms with Gasteiger partial charge in [0, 0.05) is 13.1 Å². The minimum atomic E-state index is -0.155. The molecule has 4 heteroatoms. The Labute approximate surface area is 89.3 Å². The maximum atomic E-state index is 11.0. The molecular weight excluding hydrogens is 192 g/mol. The van der Waals surface area contributed by atoms with Crippen LogP contribution in [0.1, 0.15) is 12.5 Å². The molecule has 0 unspecified atom stereocenters. The van der Waals surface area contributed by atoms with E-state index in [1.807, 2.05) is 13.0 Å². The van der Waals surface area contributed by atoms with E-state index in [0.717, 1.165) is 5.56 Å². The topological polar surface area (TPSA) is 61.4 Å². The quantitative estimate of drug-likeness (QED) is 0.697. The zero-order chi connectivity index (χ0) is 11.1. The molecule has 0 aliphatic carbocycles. The number of phenols is 1. The lowest BCUT2D eigenvalue weighted by molar-refractivity contribution is 0.241. The summed E-state index contributed by atoms with van der Waals surface area (Å²) in [6, 6.07) is 6.87. The molecule has 82 valence electrons. The van der Waals surface area contributed by atoms with Crippen LogP contribution in [0.4, 0.5) is 4.79 Å². The van der Waals surface area contributed by atoms with Crippen molar-refractivity contribution in [3.05, 3.63) is 29.8 Å². The van der Waals surface area contributed by atoms with Gasteiger partial charge in [-0.25, -0.2) is 4.79 Å². The highest BCUT2D eigenvalue weighted by atomic mass is 16.3. The summed E-state index contributed by atoms with van der Waals surface area (Å²) < 4.78 is 0. The van der Waals surface area contributed by atoms with Crippen LogP contribution in [0.25, 0.3) is 0 Å². The van der Waals surface area contributed by atoms with Crippen molar-refractivity contribution < 1.29 is 9.90 Å². The fourth-order valence-corrected chi connectivity index (χ4v) is 1.26. The molecule has 1 aromatic rings. The Hall–Kier alpha value is -1.71. The molecule has 0 aliphatic rings. The van der Waals surface area contributed by atoms with Crippen LogP contribution in [0.5, 0.6) is 5.75 Å². The van der Waals surface area contributed by atoms with Gasteiger partial charge in [0.05, 0.1) is 0 Å². The van der Waals surface area contributed by atoms with Gasteiger partial charge < -0.3 is 15.7 Å². The van der Waals surface area contributed by atoms with Gasteiger partial charge >= 0.3 is 6.03 Å². The van der Waals surface area contributed by atoms with Crippen molar-refractivity contribution in [2.75, 3.05) is 13.1 Å². The minimum absolute atomic E-state index is 0.155. The fraction of sp³-hybridized carbons (Fsp3) is 0.364. The summed E-state index contributed by atoms with van der Waals surface area (Å²) in [5.41, 5.74) is 1.01. The maximum Gasteiger partial charge on any atom is 0.314 e. The molecule has 1 aromatic carbocycles. The van der Waals surface area contributed by atoms with Crippen LogP contribution >= 0.6 is 0 Å². The van der Waals surface area contributed by atoms with Crippen molar-refractivity contribution >= 4 is 6.03 Å². The number of benzene rings is 1. The van der Waals surface area contributed by atoms with Crippen LogP contribution in [-0.4, -0.2) is 24.2 Å². The molecule has 0 radical (unpaired) electrons. The first-order chi connectivity index (χ1) is 7.22. The normalized spacial score (nSPS) is 9.67. The molecular formula is C11H16N2O2. The van der Waals surface area contributed by atoms with E-state index in [9.17, 15) is 9.90 Å². The van der Waals surface area contributed by atoms with Crippen molar-refractivity contribution in [1.29, 1.82) is 0 Å². The summed E-state index contributed by atoms with van der Waals surface area (Å²) in [7, 11) is 0. The van der Waals surface area contributed by atoms with E-state index in [0.29, 0.717) is 19.5 Å². The average molecular weight is 208 g/mol. The van der Waals surface area contributed by atoms with Gasteiger partial charge in [0.25, 0.3) is 0 Å². The van der Waals surface area contributed by atoms with Gasteiger partial charge in [-0.3, -0.25) is 0 Å². The van der Waals surface area contributed by atoms with Gasteiger partial charge in [0.1, 0.15) is 5.75 Å². The predicted octanol–water partition coefficient (Wildman–Crippen LogP) is 1.25. The number of carbonyl (C=O) groups is 1. The molecule has 0 heterocycles. The van der Waals surface area contributed by atoms with E-state index < -0.39 is 0 Å². The first-order valence-electron chi connectivity index (χ1n) is 5.02. The third-order valence-electron chi connectivity index (χ3n) is 1.95. The molecule has 1 rings (SSSR count). The van der Waals surface area contributed by atoms with Crippen LogP contribution in [0.3, 0.4) is 0 Å². The molecule has 0 atom stereocenters. The molecule has 0 saturated carbocycles.